The Hall–Kier alpha value is -2.71. The lowest BCUT2D eigenvalue weighted by molar-refractivity contribution is -0.131. The summed E-state index contributed by atoms with van der Waals surface area (Å²) in [5.41, 5.74) is 0.756. The van der Waals surface area contributed by atoms with Crippen molar-refractivity contribution in [1.29, 1.82) is 0 Å². The van der Waals surface area contributed by atoms with Crippen LogP contribution in [0, 0.1) is 11.7 Å². The maximum absolute atomic E-state index is 13.1. The normalized spacial score (nSPS) is 11.5. The topological polar surface area (TPSA) is 63.7 Å². The number of hydrogen-bond acceptors (Lipinski definition) is 5. The Morgan fingerprint density at radius 1 is 1.10 bits per heavy atom. The lowest BCUT2D eigenvalue weighted by Crippen LogP contribution is -2.34. The first-order valence-electron chi connectivity index (χ1n) is 9.82. The Bertz CT molecular complexity index is 1110. The molecule has 0 N–H and O–H groups in total. The molecule has 0 aliphatic heterocycles. The highest BCUT2D eigenvalue weighted by atomic mass is 32.2. The van der Waals surface area contributed by atoms with Gasteiger partial charge in [-0.25, -0.2) is 4.39 Å². The summed E-state index contributed by atoms with van der Waals surface area (Å²) < 4.78 is 43.2. The van der Waals surface area contributed by atoms with Crippen LogP contribution in [0.1, 0.15) is 24.3 Å². The zero-order chi connectivity index (χ0) is 22.4. The standard InChI is InChI=1S/C23H24FNO4S2/c1-17(2)15-25(23(26)14-21-7-4-12-30-21)16-18-5-3-6-20(13-18)29-31(27,28)22-10-8-19(24)9-11-22/h3-13,17H,14-16H2,1-2H3. The fourth-order valence-electron chi connectivity index (χ4n) is 3.06. The van der Waals surface area contributed by atoms with Crippen LogP contribution in [0.4, 0.5) is 4.39 Å². The first kappa shape index (κ1) is 23.0. The molecule has 31 heavy (non-hydrogen) atoms. The third-order valence-electron chi connectivity index (χ3n) is 4.42. The molecular formula is C23H24FNO4S2. The molecule has 1 heterocycles. The zero-order valence-corrected chi connectivity index (χ0v) is 19.0. The molecule has 1 amide bonds. The van der Waals surface area contributed by atoms with Crippen molar-refractivity contribution in [3.8, 4) is 5.75 Å². The molecule has 0 aliphatic carbocycles. The first-order chi connectivity index (χ1) is 14.7. The third-order valence-corrected chi connectivity index (χ3v) is 6.56. The van der Waals surface area contributed by atoms with E-state index in [1.165, 1.54) is 6.07 Å². The second kappa shape index (κ2) is 10.1. The van der Waals surface area contributed by atoms with E-state index in [9.17, 15) is 17.6 Å². The van der Waals surface area contributed by atoms with Crippen molar-refractivity contribution in [1.82, 2.24) is 4.90 Å². The highest BCUT2D eigenvalue weighted by Gasteiger charge is 2.19. The predicted molar refractivity (Wildman–Crippen MR) is 119 cm³/mol. The Labute approximate surface area is 186 Å². The van der Waals surface area contributed by atoms with Crippen molar-refractivity contribution < 1.29 is 21.8 Å². The highest BCUT2D eigenvalue weighted by molar-refractivity contribution is 7.87. The summed E-state index contributed by atoms with van der Waals surface area (Å²) in [7, 11) is -4.09. The molecule has 164 valence electrons. The molecule has 0 atom stereocenters. The molecule has 8 heteroatoms. The van der Waals surface area contributed by atoms with Crippen molar-refractivity contribution >= 4 is 27.4 Å². The van der Waals surface area contributed by atoms with E-state index in [1.807, 2.05) is 37.4 Å². The van der Waals surface area contributed by atoms with E-state index in [-0.39, 0.29) is 22.5 Å². The third kappa shape index (κ3) is 6.63. The van der Waals surface area contributed by atoms with E-state index in [2.05, 4.69) is 0 Å². The van der Waals surface area contributed by atoms with E-state index in [0.717, 1.165) is 34.7 Å². The van der Waals surface area contributed by atoms with Crippen molar-refractivity contribution in [3.05, 3.63) is 82.3 Å². The Kier molecular flexibility index (Phi) is 7.46. The van der Waals surface area contributed by atoms with Crippen LogP contribution in [0.25, 0.3) is 0 Å². The van der Waals surface area contributed by atoms with E-state index >= 15 is 0 Å². The van der Waals surface area contributed by atoms with Gasteiger partial charge in [0.15, 0.2) is 0 Å². The van der Waals surface area contributed by atoms with Crippen LogP contribution in [0.3, 0.4) is 0 Å². The van der Waals surface area contributed by atoms with Gasteiger partial charge in [-0.2, -0.15) is 8.42 Å². The van der Waals surface area contributed by atoms with Gasteiger partial charge in [-0.05, 0) is 59.3 Å². The van der Waals surface area contributed by atoms with Gasteiger partial charge in [0, 0.05) is 18.0 Å². The van der Waals surface area contributed by atoms with Gasteiger partial charge in [-0.3, -0.25) is 4.79 Å². The largest absolute Gasteiger partial charge is 0.379 e. The Morgan fingerprint density at radius 3 is 2.48 bits per heavy atom. The molecule has 3 aromatic rings. The highest BCUT2D eigenvalue weighted by Crippen LogP contribution is 2.22. The molecule has 3 rings (SSSR count). The van der Waals surface area contributed by atoms with Gasteiger partial charge in [-0.15, -0.1) is 11.3 Å². The number of thiophene rings is 1. The number of carbonyl (C=O) groups excluding carboxylic acids is 1. The van der Waals surface area contributed by atoms with E-state index < -0.39 is 15.9 Å². The van der Waals surface area contributed by atoms with Gasteiger partial charge in [-0.1, -0.05) is 32.0 Å². The number of rotatable bonds is 9. The number of benzene rings is 2. The van der Waals surface area contributed by atoms with E-state index in [1.54, 1.807) is 28.4 Å². The average molecular weight is 462 g/mol. The van der Waals surface area contributed by atoms with Crippen LogP contribution in [0.2, 0.25) is 0 Å². The lowest BCUT2D eigenvalue weighted by atomic mass is 10.1. The quantitative estimate of drug-likeness (QED) is 0.426. The monoisotopic (exact) mass is 461 g/mol. The Balaban J connectivity index is 1.75. The smallest absolute Gasteiger partial charge is 0.339 e. The maximum Gasteiger partial charge on any atom is 0.339 e. The minimum atomic E-state index is -4.09. The molecule has 1 aromatic heterocycles. The summed E-state index contributed by atoms with van der Waals surface area (Å²) in [5, 5.41) is 1.94. The summed E-state index contributed by atoms with van der Waals surface area (Å²) in [6, 6.07) is 14.9. The second-order valence-electron chi connectivity index (χ2n) is 7.56. The molecule has 5 nitrogen and oxygen atoms in total. The first-order valence-corrected chi connectivity index (χ1v) is 12.1. The Morgan fingerprint density at radius 2 is 1.84 bits per heavy atom. The summed E-state index contributed by atoms with van der Waals surface area (Å²) >= 11 is 1.54. The molecule has 0 bridgehead atoms. The van der Waals surface area contributed by atoms with Gasteiger partial charge >= 0.3 is 10.1 Å². The van der Waals surface area contributed by atoms with Crippen LogP contribution in [0.5, 0.6) is 5.75 Å². The minimum Gasteiger partial charge on any atom is -0.379 e. The maximum atomic E-state index is 13.1. The molecular weight excluding hydrogens is 437 g/mol. The molecule has 0 fully saturated rings. The molecule has 0 unspecified atom stereocenters. The SMILES string of the molecule is CC(C)CN(Cc1cccc(OS(=O)(=O)c2ccc(F)cc2)c1)C(=O)Cc1cccs1. The van der Waals surface area contributed by atoms with E-state index in [0.29, 0.717) is 19.5 Å². The van der Waals surface area contributed by atoms with Crippen molar-refractivity contribution in [2.24, 2.45) is 5.92 Å². The van der Waals surface area contributed by atoms with Crippen LogP contribution in [0.15, 0.2) is 70.9 Å². The molecule has 0 saturated carbocycles. The van der Waals surface area contributed by atoms with Crippen LogP contribution in [-0.2, 0) is 27.9 Å². The number of carbonyl (C=O) groups is 1. The molecule has 0 aliphatic rings. The lowest BCUT2D eigenvalue weighted by Gasteiger charge is -2.25. The van der Waals surface area contributed by atoms with Gasteiger partial charge in [0.05, 0.1) is 6.42 Å². The van der Waals surface area contributed by atoms with Crippen molar-refractivity contribution in [2.45, 2.75) is 31.7 Å². The van der Waals surface area contributed by atoms with Gasteiger partial charge in [0.2, 0.25) is 5.91 Å². The number of hydrogen-bond donors (Lipinski definition) is 0. The van der Waals surface area contributed by atoms with Gasteiger partial charge in [0.25, 0.3) is 0 Å². The fraction of sp³-hybridized carbons (Fsp3) is 0.261. The van der Waals surface area contributed by atoms with Crippen molar-refractivity contribution in [3.63, 3.8) is 0 Å². The van der Waals surface area contributed by atoms with E-state index in [4.69, 9.17) is 4.18 Å². The molecule has 0 spiro atoms. The summed E-state index contributed by atoms with van der Waals surface area (Å²) in [6.07, 6.45) is 0.333. The minimum absolute atomic E-state index is 0.0152. The predicted octanol–water partition coefficient (Wildman–Crippen LogP) is 4.88. The molecule has 0 radical (unpaired) electrons. The summed E-state index contributed by atoms with van der Waals surface area (Å²) in [4.78, 5) is 15.5. The average Bonchev–Trinajstić information content (AvgIpc) is 3.20. The number of nitrogens with zero attached hydrogens (tertiary/aromatic N) is 1. The molecule has 2 aromatic carbocycles. The summed E-state index contributed by atoms with van der Waals surface area (Å²) in [5.74, 6) is -0.0950. The van der Waals surface area contributed by atoms with Crippen LogP contribution in [-0.4, -0.2) is 25.8 Å². The second-order valence-corrected chi connectivity index (χ2v) is 10.1. The van der Waals surface area contributed by atoms with Crippen molar-refractivity contribution in [2.75, 3.05) is 6.54 Å². The number of amides is 1. The number of halogens is 1. The fourth-order valence-corrected chi connectivity index (χ4v) is 4.68. The summed E-state index contributed by atoms with van der Waals surface area (Å²) in [6.45, 7) is 5.01. The van der Waals surface area contributed by atoms with Crippen LogP contribution >= 0.6 is 11.3 Å². The van der Waals surface area contributed by atoms with Gasteiger partial charge in [0.1, 0.15) is 16.5 Å². The van der Waals surface area contributed by atoms with Crippen LogP contribution < -0.4 is 4.18 Å². The molecule has 0 saturated heterocycles. The zero-order valence-electron chi connectivity index (χ0n) is 17.3. The van der Waals surface area contributed by atoms with Gasteiger partial charge < -0.3 is 9.08 Å².